The molecule has 0 bridgehead atoms. The molecule has 1 aliphatic rings. The Bertz CT molecular complexity index is 1390. The highest BCUT2D eigenvalue weighted by Gasteiger charge is 2.36. The van der Waals surface area contributed by atoms with Gasteiger partial charge in [-0.1, -0.05) is 69.2 Å². The van der Waals surface area contributed by atoms with Gasteiger partial charge in [0.25, 0.3) is 5.82 Å². The molecule has 0 spiro atoms. The Kier molecular flexibility index (Phi) is 10.1. The Hall–Kier alpha value is -3.94. The molecule has 0 radical (unpaired) electrons. The van der Waals surface area contributed by atoms with E-state index in [4.69, 9.17) is 0 Å². The smallest absolute Gasteiger partial charge is 0.528 e. The fraction of sp³-hybridized carbons (Fsp3) is 0.438. The van der Waals surface area contributed by atoms with Crippen LogP contribution in [0.1, 0.15) is 62.0 Å². The summed E-state index contributed by atoms with van der Waals surface area (Å²) in [5, 5.41) is 26.6. The van der Waals surface area contributed by atoms with Gasteiger partial charge in [0.05, 0.1) is 25.2 Å². The van der Waals surface area contributed by atoms with Gasteiger partial charge in [-0.25, -0.2) is 9.13 Å². The van der Waals surface area contributed by atoms with Gasteiger partial charge in [-0.15, -0.1) is 0 Å². The summed E-state index contributed by atoms with van der Waals surface area (Å²) in [6.07, 6.45) is 11.2. The number of rotatable bonds is 12. The van der Waals surface area contributed by atoms with Crippen LogP contribution in [-0.4, -0.2) is 63.5 Å². The number of guanidine groups is 1. The molecule has 0 saturated heterocycles. The Labute approximate surface area is 238 Å². The average Bonchev–Trinajstić information content (AvgIpc) is 3.52. The Balaban J connectivity index is 1.55. The van der Waals surface area contributed by atoms with Crippen molar-refractivity contribution >= 4 is 23.8 Å². The van der Waals surface area contributed by atoms with Gasteiger partial charge in [-0.2, -0.15) is 14.2 Å². The number of hydrogen-bond acceptors (Lipinski definition) is 4. The number of imidazole rings is 1. The second-order valence-corrected chi connectivity index (χ2v) is 10.5. The maximum absolute atomic E-state index is 13.3. The van der Waals surface area contributed by atoms with Crippen LogP contribution >= 0.6 is 0 Å². The number of para-hydroxylation sites is 1. The second-order valence-electron chi connectivity index (χ2n) is 10.5. The van der Waals surface area contributed by atoms with E-state index in [9.17, 15) is 10.3 Å². The molecule has 2 aromatic carbocycles. The van der Waals surface area contributed by atoms with Crippen molar-refractivity contribution in [2.75, 3.05) is 26.7 Å². The summed E-state index contributed by atoms with van der Waals surface area (Å²) in [4.78, 5) is 6.73. The van der Waals surface area contributed by atoms with Gasteiger partial charge >= 0.3 is 5.96 Å². The topological polar surface area (TPSA) is 76.5 Å². The minimum Gasteiger partial charge on any atom is -0.853 e. The standard InChI is InChI=1S/C32H43N6O2/c1-5-7-19-36-23-21-34(3)31(36)30(39)33-29-16-12-11-14-27(29)18-17-26-13-9-10-15-28(26)25-38(40)32-35(4)22-24-37(32)20-8-6-2/h9-16,21,23,25H,5-8,17-20,22,24H2,1-4H3/q+1/b38-25+. The SMILES string of the molecule is CCCCN1CC[N+](C)=C1/[N+]([O-])=C\c1ccccc1CCc1ccccc1N=C([O-])c1n(CCCC)cc[n+]1C. The number of aryl methyl sites for hydroxylation is 4. The van der Waals surface area contributed by atoms with Crippen molar-refractivity contribution in [2.24, 2.45) is 12.0 Å². The maximum Gasteiger partial charge on any atom is 0.528 e. The highest BCUT2D eigenvalue weighted by molar-refractivity contribution is 5.88. The van der Waals surface area contributed by atoms with E-state index in [-0.39, 0.29) is 5.90 Å². The van der Waals surface area contributed by atoms with Crippen LogP contribution < -0.4 is 9.67 Å². The molecule has 40 heavy (non-hydrogen) atoms. The zero-order valence-corrected chi connectivity index (χ0v) is 24.4. The molecule has 0 saturated carbocycles. The number of aliphatic imine (C=N–C) groups is 1. The number of likely N-dealkylation sites (N-methyl/N-ethyl adjacent to an activating group) is 1. The van der Waals surface area contributed by atoms with Crippen molar-refractivity contribution in [3.05, 3.63) is 88.6 Å². The minimum atomic E-state index is -0.239. The van der Waals surface area contributed by atoms with Gasteiger partial charge in [-0.3, -0.25) is 4.99 Å². The minimum absolute atomic E-state index is 0.239. The Morgan fingerprint density at radius 3 is 2.42 bits per heavy atom. The molecule has 0 atom stereocenters. The van der Waals surface area contributed by atoms with Gasteiger partial charge < -0.3 is 10.3 Å². The molecule has 0 aliphatic carbocycles. The zero-order chi connectivity index (χ0) is 28.5. The Morgan fingerprint density at radius 2 is 1.65 bits per heavy atom. The van der Waals surface area contributed by atoms with Crippen molar-refractivity contribution in [3.63, 3.8) is 0 Å². The maximum atomic E-state index is 13.3. The molecule has 212 valence electrons. The number of aromatic nitrogens is 2. The molecule has 8 nitrogen and oxygen atoms in total. The van der Waals surface area contributed by atoms with Crippen molar-refractivity contribution in [3.8, 4) is 0 Å². The summed E-state index contributed by atoms with van der Waals surface area (Å²) in [7, 11) is 3.86. The average molecular weight is 544 g/mol. The van der Waals surface area contributed by atoms with E-state index in [0.717, 1.165) is 79.7 Å². The monoisotopic (exact) mass is 543 g/mol. The first-order valence-electron chi connectivity index (χ1n) is 14.5. The van der Waals surface area contributed by atoms with Crippen molar-refractivity contribution in [1.29, 1.82) is 0 Å². The molecule has 0 N–H and O–H groups in total. The van der Waals surface area contributed by atoms with Crippen LogP contribution in [0.3, 0.4) is 0 Å². The fourth-order valence-electron chi connectivity index (χ4n) is 5.22. The lowest BCUT2D eigenvalue weighted by Gasteiger charge is -2.13. The first-order chi connectivity index (χ1) is 19.4. The van der Waals surface area contributed by atoms with Crippen LogP contribution in [-0.2, 0) is 26.4 Å². The number of hydrogen-bond donors (Lipinski definition) is 0. The van der Waals surface area contributed by atoms with Gasteiger partial charge in [-0.05, 0) is 42.9 Å². The van der Waals surface area contributed by atoms with E-state index in [1.807, 2.05) is 82.7 Å². The number of hydroxylamine groups is 1. The van der Waals surface area contributed by atoms with Gasteiger partial charge in [0, 0.05) is 5.56 Å². The zero-order valence-electron chi connectivity index (χ0n) is 24.4. The number of unbranched alkanes of at least 4 members (excludes halogenated alkanes) is 2. The van der Waals surface area contributed by atoms with E-state index in [1.54, 1.807) is 6.21 Å². The predicted molar refractivity (Wildman–Crippen MR) is 158 cm³/mol. The van der Waals surface area contributed by atoms with Gasteiger partial charge in [0.1, 0.15) is 32.2 Å². The van der Waals surface area contributed by atoms with Crippen LogP contribution in [0.5, 0.6) is 0 Å². The van der Waals surface area contributed by atoms with Crippen LogP contribution in [0.15, 0.2) is 65.9 Å². The molecule has 4 rings (SSSR count). The lowest BCUT2D eigenvalue weighted by molar-refractivity contribution is -0.674. The Morgan fingerprint density at radius 1 is 0.975 bits per heavy atom. The molecule has 8 heteroatoms. The summed E-state index contributed by atoms with van der Waals surface area (Å²) in [6, 6.07) is 15.9. The normalized spacial score (nSPS) is 14.4. The molecule has 2 heterocycles. The van der Waals surface area contributed by atoms with Crippen LogP contribution in [0.25, 0.3) is 0 Å². The first-order valence-corrected chi connectivity index (χ1v) is 14.5. The molecule has 0 fully saturated rings. The third-order valence-corrected chi connectivity index (χ3v) is 7.52. The van der Waals surface area contributed by atoms with E-state index in [0.29, 0.717) is 23.9 Å². The largest absolute Gasteiger partial charge is 0.853 e. The van der Waals surface area contributed by atoms with E-state index in [2.05, 4.69) is 29.8 Å². The van der Waals surface area contributed by atoms with E-state index in [1.165, 1.54) is 0 Å². The van der Waals surface area contributed by atoms with Crippen LogP contribution in [0.4, 0.5) is 5.69 Å². The first kappa shape index (κ1) is 29.1. The molecule has 0 amide bonds. The van der Waals surface area contributed by atoms with Gasteiger partial charge in [0.15, 0.2) is 13.1 Å². The summed E-state index contributed by atoms with van der Waals surface area (Å²) < 4.78 is 6.89. The van der Waals surface area contributed by atoms with E-state index < -0.39 is 0 Å². The molecule has 0 unspecified atom stereocenters. The highest BCUT2D eigenvalue weighted by atomic mass is 16.5. The van der Waals surface area contributed by atoms with Crippen molar-refractivity contribution in [1.82, 2.24) is 9.47 Å². The van der Waals surface area contributed by atoms with Crippen LogP contribution in [0.2, 0.25) is 0 Å². The summed E-state index contributed by atoms with van der Waals surface area (Å²) >= 11 is 0. The van der Waals surface area contributed by atoms with E-state index >= 15 is 0 Å². The lowest BCUT2D eigenvalue weighted by Crippen LogP contribution is -2.40. The molecule has 3 aromatic rings. The summed E-state index contributed by atoms with van der Waals surface area (Å²) in [5.41, 5.74) is 3.70. The fourth-order valence-corrected chi connectivity index (χ4v) is 5.22. The molecular weight excluding hydrogens is 500 g/mol. The summed E-state index contributed by atoms with van der Waals surface area (Å²) in [5.74, 6) is 1.06. The quantitative estimate of drug-likeness (QED) is 0.116. The lowest BCUT2D eigenvalue weighted by atomic mass is 9.99. The van der Waals surface area contributed by atoms with Crippen molar-refractivity contribution < 1.29 is 19.0 Å². The number of benzene rings is 2. The summed E-state index contributed by atoms with van der Waals surface area (Å²) in [6.45, 7) is 7.73. The predicted octanol–water partition coefficient (Wildman–Crippen LogP) is 3.38. The number of nitrogens with zero attached hydrogens (tertiary/aromatic N) is 6. The molecular formula is C32H43N6O2+. The van der Waals surface area contributed by atoms with Crippen LogP contribution in [0, 0.1) is 5.21 Å². The molecule has 1 aromatic heterocycles. The highest BCUT2D eigenvalue weighted by Crippen LogP contribution is 2.22. The third kappa shape index (κ3) is 6.97. The molecule has 1 aliphatic heterocycles. The third-order valence-electron chi connectivity index (χ3n) is 7.52. The van der Waals surface area contributed by atoms with Crippen molar-refractivity contribution in [2.45, 2.75) is 58.9 Å². The van der Waals surface area contributed by atoms with Gasteiger partial charge in [0.2, 0.25) is 0 Å². The second kappa shape index (κ2) is 13.9.